The highest BCUT2D eigenvalue weighted by Gasteiger charge is 2.28. The Balaban J connectivity index is 0.00000338. The molecule has 0 atom stereocenters. The third kappa shape index (κ3) is 6.45. The van der Waals surface area contributed by atoms with Crippen molar-refractivity contribution < 1.29 is 4.79 Å². The lowest BCUT2D eigenvalue weighted by atomic mass is 9.90. The number of nitrogens with zero attached hydrogens (tertiary/aromatic N) is 2. The third-order valence-corrected chi connectivity index (χ3v) is 5.02. The van der Waals surface area contributed by atoms with Gasteiger partial charge in [0.25, 0.3) is 0 Å². The predicted octanol–water partition coefficient (Wildman–Crippen LogP) is 2.91. The van der Waals surface area contributed by atoms with E-state index in [2.05, 4.69) is 50.9 Å². The van der Waals surface area contributed by atoms with Crippen LogP contribution in [0, 0.1) is 11.3 Å². The summed E-state index contributed by atoms with van der Waals surface area (Å²) in [5.41, 5.74) is 0.965. The molecule has 6 heteroatoms. The summed E-state index contributed by atoms with van der Waals surface area (Å²) in [7, 11) is 3.49. The number of hydrogen-bond acceptors (Lipinski definition) is 2. The molecule has 2 N–H and O–H groups in total. The van der Waals surface area contributed by atoms with E-state index in [4.69, 9.17) is 0 Å². The maximum atomic E-state index is 11.9. The molecule has 0 bridgehead atoms. The van der Waals surface area contributed by atoms with Crippen LogP contribution in [0.25, 0.3) is 0 Å². The summed E-state index contributed by atoms with van der Waals surface area (Å²) in [6, 6.07) is 10.7. The SMILES string of the molecule is CN=C(NCC(C)(C)C(=O)NC)N1CCC(Cc2ccccc2)CC1.I. The normalized spacial score (nSPS) is 16.0. The van der Waals surface area contributed by atoms with Gasteiger partial charge in [-0.1, -0.05) is 30.3 Å². The van der Waals surface area contributed by atoms with Gasteiger partial charge in [0.2, 0.25) is 5.91 Å². The molecule has 1 saturated heterocycles. The fourth-order valence-electron chi connectivity index (χ4n) is 3.35. The number of guanidine groups is 1. The first kappa shape index (κ1) is 22.7. The lowest BCUT2D eigenvalue weighted by Crippen LogP contribution is -2.50. The summed E-state index contributed by atoms with van der Waals surface area (Å²) in [4.78, 5) is 18.6. The van der Waals surface area contributed by atoms with E-state index in [1.165, 1.54) is 18.4 Å². The van der Waals surface area contributed by atoms with Crippen LogP contribution in [0.3, 0.4) is 0 Å². The van der Waals surface area contributed by atoms with Crippen molar-refractivity contribution in [1.29, 1.82) is 0 Å². The molecule has 2 rings (SSSR count). The molecule has 0 saturated carbocycles. The fourth-order valence-corrected chi connectivity index (χ4v) is 3.35. The molecule has 146 valence electrons. The second-order valence-electron chi connectivity index (χ2n) is 7.48. The van der Waals surface area contributed by atoms with Gasteiger partial charge in [0.15, 0.2) is 5.96 Å². The van der Waals surface area contributed by atoms with Crippen molar-refractivity contribution in [1.82, 2.24) is 15.5 Å². The average molecular weight is 472 g/mol. The van der Waals surface area contributed by atoms with Crippen molar-refractivity contribution in [3.8, 4) is 0 Å². The van der Waals surface area contributed by atoms with E-state index in [-0.39, 0.29) is 29.9 Å². The van der Waals surface area contributed by atoms with Crippen LogP contribution < -0.4 is 10.6 Å². The number of benzene rings is 1. The number of amides is 1. The van der Waals surface area contributed by atoms with Gasteiger partial charge in [-0.3, -0.25) is 9.79 Å². The fraction of sp³-hybridized carbons (Fsp3) is 0.600. The van der Waals surface area contributed by atoms with Crippen molar-refractivity contribution in [3.05, 3.63) is 35.9 Å². The molecule has 1 fully saturated rings. The van der Waals surface area contributed by atoms with E-state index in [0.29, 0.717) is 6.54 Å². The molecule has 1 amide bonds. The Morgan fingerprint density at radius 2 is 1.85 bits per heavy atom. The molecule has 1 heterocycles. The average Bonchev–Trinajstić information content (AvgIpc) is 2.63. The van der Waals surface area contributed by atoms with Crippen LogP contribution >= 0.6 is 24.0 Å². The number of halogens is 1. The van der Waals surface area contributed by atoms with E-state index >= 15 is 0 Å². The van der Waals surface area contributed by atoms with Crippen molar-refractivity contribution in [2.75, 3.05) is 33.7 Å². The Morgan fingerprint density at radius 3 is 2.38 bits per heavy atom. The molecule has 0 aromatic heterocycles. The molecule has 0 spiro atoms. The number of hydrogen-bond donors (Lipinski definition) is 2. The monoisotopic (exact) mass is 472 g/mol. The van der Waals surface area contributed by atoms with Gasteiger partial charge in [-0.25, -0.2) is 0 Å². The summed E-state index contributed by atoms with van der Waals surface area (Å²) >= 11 is 0. The molecule has 26 heavy (non-hydrogen) atoms. The standard InChI is InChI=1S/C20H32N4O.HI/c1-20(2,18(25)21-3)15-23-19(22-4)24-12-10-17(11-13-24)14-16-8-6-5-7-9-16;/h5-9,17H,10-15H2,1-4H3,(H,21,25)(H,22,23);1H. The largest absolute Gasteiger partial charge is 0.359 e. The summed E-state index contributed by atoms with van der Waals surface area (Å²) in [6.07, 6.45) is 3.51. The second kappa shape index (κ2) is 10.7. The summed E-state index contributed by atoms with van der Waals surface area (Å²) in [6.45, 7) is 6.48. The lowest BCUT2D eigenvalue weighted by Gasteiger charge is -2.35. The molecule has 1 aromatic rings. The molecule has 1 aliphatic rings. The first-order valence-electron chi connectivity index (χ1n) is 9.18. The van der Waals surface area contributed by atoms with Crippen LogP contribution in [0.5, 0.6) is 0 Å². The number of carbonyl (C=O) groups excluding carboxylic acids is 1. The molecule has 0 unspecified atom stereocenters. The van der Waals surface area contributed by atoms with Gasteiger partial charge in [0, 0.05) is 33.7 Å². The molecule has 1 aliphatic heterocycles. The zero-order chi connectivity index (χ0) is 18.3. The van der Waals surface area contributed by atoms with Gasteiger partial charge in [-0.2, -0.15) is 0 Å². The minimum Gasteiger partial charge on any atom is -0.359 e. The number of piperidine rings is 1. The summed E-state index contributed by atoms with van der Waals surface area (Å²) < 4.78 is 0. The highest BCUT2D eigenvalue weighted by atomic mass is 127. The van der Waals surface area contributed by atoms with Crippen molar-refractivity contribution in [2.45, 2.75) is 33.1 Å². The quantitative estimate of drug-likeness (QED) is 0.394. The van der Waals surface area contributed by atoms with Crippen LogP contribution in [-0.4, -0.2) is 50.5 Å². The topological polar surface area (TPSA) is 56.7 Å². The predicted molar refractivity (Wildman–Crippen MR) is 119 cm³/mol. The minimum atomic E-state index is -0.462. The maximum absolute atomic E-state index is 11.9. The number of carbonyl (C=O) groups is 1. The lowest BCUT2D eigenvalue weighted by molar-refractivity contribution is -0.128. The molecule has 1 aromatic carbocycles. The minimum absolute atomic E-state index is 0. The highest BCUT2D eigenvalue weighted by molar-refractivity contribution is 14.0. The first-order valence-corrected chi connectivity index (χ1v) is 9.18. The number of aliphatic imine (C=N–C) groups is 1. The third-order valence-electron chi connectivity index (χ3n) is 5.02. The molecular formula is C20H33IN4O. The number of rotatable bonds is 5. The molecule has 0 radical (unpaired) electrons. The zero-order valence-corrected chi connectivity index (χ0v) is 18.7. The van der Waals surface area contributed by atoms with Gasteiger partial charge >= 0.3 is 0 Å². The van der Waals surface area contributed by atoms with Gasteiger partial charge in [0.1, 0.15) is 0 Å². The van der Waals surface area contributed by atoms with Crippen LogP contribution in [-0.2, 0) is 11.2 Å². The van der Waals surface area contributed by atoms with Gasteiger partial charge in [-0.05, 0) is 44.6 Å². The van der Waals surface area contributed by atoms with Gasteiger partial charge in [0.05, 0.1) is 5.41 Å². The van der Waals surface area contributed by atoms with Crippen LogP contribution in [0.1, 0.15) is 32.3 Å². The Morgan fingerprint density at radius 1 is 1.23 bits per heavy atom. The van der Waals surface area contributed by atoms with Crippen LogP contribution in [0.4, 0.5) is 0 Å². The smallest absolute Gasteiger partial charge is 0.227 e. The number of likely N-dealkylation sites (tertiary alicyclic amines) is 1. The first-order chi connectivity index (χ1) is 12.0. The molecule has 0 aliphatic carbocycles. The van der Waals surface area contributed by atoms with Gasteiger partial charge < -0.3 is 15.5 Å². The zero-order valence-electron chi connectivity index (χ0n) is 16.4. The Bertz CT molecular complexity index is 581. The van der Waals surface area contributed by atoms with E-state index in [9.17, 15) is 4.79 Å². The highest BCUT2D eigenvalue weighted by Crippen LogP contribution is 2.22. The van der Waals surface area contributed by atoms with E-state index in [0.717, 1.165) is 31.4 Å². The van der Waals surface area contributed by atoms with E-state index in [1.807, 2.05) is 20.9 Å². The molecular weight excluding hydrogens is 439 g/mol. The summed E-state index contributed by atoms with van der Waals surface area (Å²) in [5, 5.41) is 6.10. The Hall–Kier alpha value is -1.31. The van der Waals surface area contributed by atoms with Gasteiger partial charge in [-0.15, -0.1) is 24.0 Å². The van der Waals surface area contributed by atoms with Crippen molar-refractivity contribution >= 4 is 35.8 Å². The Labute approximate surface area is 175 Å². The maximum Gasteiger partial charge on any atom is 0.227 e. The van der Waals surface area contributed by atoms with Crippen molar-refractivity contribution in [2.24, 2.45) is 16.3 Å². The van der Waals surface area contributed by atoms with E-state index in [1.54, 1.807) is 7.05 Å². The van der Waals surface area contributed by atoms with Crippen molar-refractivity contribution in [3.63, 3.8) is 0 Å². The molecule has 5 nitrogen and oxygen atoms in total. The Kier molecular flexibility index (Phi) is 9.39. The summed E-state index contributed by atoms with van der Waals surface area (Å²) in [5.74, 6) is 1.67. The van der Waals surface area contributed by atoms with E-state index < -0.39 is 5.41 Å². The van der Waals surface area contributed by atoms with Crippen LogP contribution in [0.15, 0.2) is 35.3 Å². The van der Waals surface area contributed by atoms with Crippen LogP contribution in [0.2, 0.25) is 0 Å². The number of nitrogens with one attached hydrogen (secondary N) is 2. The second-order valence-corrected chi connectivity index (χ2v) is 7.48.